The molecule has 72 valence electrons. The molecule has 0 fully saturated rings. The van der Waals surface area contributed by atoms with Crippen LogP contribution in [0.1, 0.15) is 11.6 Å². The third-order valence-corrected chi connectivity index (χ3v) is 2.09. The smallest absolute Gasteiger partial charge is 0.142 e. The van der Waals surface area contributed by atoms with Crippen molar-refractivity contribution in [1.29, 1.82) is 0 Å². The van der Waals surface area contributed by atoms with Crippen LogP contribution in [-0.2, 0) is 0 Å². The van der Waals surface area contributed by atoms with Gasteiger partial charge in [0.05, 0.1) is 5.02 Å². The molecule has 1 atom stereocenters. The van der Waals surface area contributed by atoms with E-state index in [1.807, 2.05) is 0 Å². The lowest BCUT2D eigenvalue weighted by Crippen LogP contribution is -2.22. The summed E-state index contributed by atoms with van der Waals surface area (Å²) in [6, 6.07) is 1.15. The molecule has 2 nitrogen and oxygen atoms in total. The first-order chi connectivity index (χ1) is 6.07. The molecule has 4 N–H and O–H groups in total. The molecular formula is C8H9ClF2N2. The second-order valence-corrected chi connectivity index (χ2v) is 2.98. The highest BCUT2D eigenvalue weighted by Gasteiger charge is 2.16. The van der Waals surface area contributed by atoms with Gasteiger partial charge in [-0.25, -0.2) is 8.78 Å². The van der Waals surface area contributed by atoms with Crippen LogP contribution in [0.4, 0.5) is 8.78 Å². The van der Waals surface area contributed by atoms with Gasteiger partial charge >= 0.3 is 0 Å². The number of hydrogen-bond donors (Lipinski definition) is 2. The Bertz CT molecular complexity index is 317. The molecule has 0 saturated heterocycles. The standard InChI is InChI=1S/C8H9ClF2N2/c9-8-5(11)2-1-4(10)7(8)6(13)3-12/h1-2,6H,3,12-13H2/t6-/m1/s1. The third kappa shape index (κ3) is 1.96. The normalized spacial score (nSPS) is 13.0. The van der Waals surface area contributed by atoms with Crippen LogP contribution < -0.4 is 11.5 Å². The summed E-state index contributed by atoms with van der Waals surface area (Å²) in [5.74, 6) is -1.33. The zero-order chi connectivity index (χ0) is 10.0. The van der Waals surface area contributed by atoms with E-state index in [9.17, 15) is 8.78 Å². The molecule has 0 spiro atoms. The van der Waals surface area contributed by atoms with Crippen molar-refractivity contribution in [2.45, 2.75) is 6.04 Å². The van der Waals surface area contributed by atoms with Gasteiger partial charge < -0.3 is 11.5 Å². The summed E-state index contributed by atoms with van der Waals surface area (Å²) in [6.45, 7) is 0.0140. The second kappa shape index (κ2) is 4.00. The zero-order valence-electron chi connectivity index (χ0n) is 6.73. The first kappa shape index (κ1) is 10.4. The molecule has 0 heterocycles. The van der Waals surface area contributed by atoms with Crippen molar-refractivity contribution in [3.63, 3.8) is 0 Å². The molecule has 0 aliphatic heterocycles. The molecule has 0 saturated carbocycles. The maximum Gasteiger partial charge on any atom is 0.142 e. The van der Waals surface area contributed by atoms with Crippen LogP contribution in [0.2, 0.25) is 5.02 Å². The Morgan fingerprint density at radius 2 is 1.85 bits per heavy atom. The van der Waals surface area contributed by atoms with E-state index >= 15 is 0 Å². The van der Waals surface area contributed by atoms with E-state index in [1.165, 1.54) is 0 Å². The van der Waals surface area contributed by atoms with Crippen LogP contribution in [0.15, 0.2) is 12.1 Å². The van der Waals surface area contributed by atoms with Gasteiger partial charge in [0.15, 0.2) is 0 Å². The summed E-state index contributed by atoms with van der Waals surface area (Å²) >= 11 is 5.52. The Hall–Kier alpha value is -0.710. The van der Waals surface area contributed by atoms with Gasteiger partial charge in [-0.05, 0) is 12.1 Å². The van der Waals surface area contributed by atoms with Crippen LogP contribution >= 0.6 is 11.6 Å². The number of rotatable bonds is 2. The van der Waals surface area contributed by atoms with E-state index in [4.69, 9.17) is 23.1 Å². The Morgan fingerprint density at radius 1 is 1.31 bits per heavy atom. The summed E-state index contributed by atoms with van der Waals surface area (Å²) in [7, 11) is 0. The maximum absolute atomic E-state index is 13.1. The number of nitrogens with two attached hydrogens (primary N) is 2. The van der Waals surface area contributed by atoms with Gasteiger partial charge in [0, 0.05) is 18.2 Å². The van der Waals surface area contributed by atoms with Crippen molar-refractivity contribution in [2.24, 2.45) is 11.5 Å². The van der Waals surface area contributed by atoms with Crippen molar-refractivity contribution in [2.75, 3.05) is 6.54 Å². The summed E-state index contributed by atoms with van der Waals surface area (Å²) < 4.78 is 25.9. The fraction of sp³-hybridized carbons (Fsp3) is 0.250. The molecule has 5 heteroatoms. The summed E-state index contributed by atoms with van der Waals surface area (Å²) in [5.41, 5.74) is 10.6. The summed E-state index contributed by atoms with van der Waals surface area (Å²) in [6.07, 6.45) is 0. The highest BCUT2D eigenvalue weighted by atomic mass is 35.5. The fourth-order valence-electron chi connectivity index (χ4n) is 1.00. The average molecular weight is 207 g/mol. The summed E-state index contributed by atoms with van der Waals surface area (Å²) in [4.78, 5) is 0. The van der Waals surface area contributed by atoms with Gasteiger partial charge in [-0.3, -0.25) is 0 Å². The Labute approximate surface area is 79.5 Å². The molecule has 13 heavy (non-hydrogen) atoms. The van der Waals surface area contributed by atoms with Crippen LogP contribution in [-0.4, -0.2) is 6.54 Å². The Balaban J connectivity index is 3.25. The minimum Gasteiger partial charge on any atom is -0.329 e. The molecule has 0 bridgehead atoms. The fourth-order valence-corrected chi connectivity index (χ4v) is 1.29. The highest BCUT2D eigenvalue weighted by molar-refractivity contribution is 6.31. The topological polar surface area (TPSA) is 52.0 Å². The third-order valence-electron chi connectivity index (χ3n) is 1.70. The van der Waals surface area contributed by atoms with Crippen molar-refractivity contribution < 1.29 is 8.78 Å². The average Bonchev–Trinajstić information content (AvgIpc) is 2.12. The molecule has 0 aliphatic carbocycles. The number of hydrogen-bond acceptors (Lipinski definition) is 2. The predicted octanol–water partition coefficient (Wildman–Crippen LogP) is 1.58. The molecule has 0 unspecified atom stereocenters. The molecule has 1 aromatic carbocycles. The molecule has 1 rings (SSSR count). The first-order valence-electron chi connectivity index (χ1n) is 3.67. The lowest BCUT2D eigenvalue weighted by atomic mass is 10.1. The molecule has 0 aliphatic rings. The lowest BCUT2D eigenvalue weighted by molar-refractivity contribution is 0.564. The maximum atomic E-state index is 13.1. The number of benzene rings is 1. The van der Waals surface area contributed by atoms with E-state index < -0.39 is 17.7 Å². The summed E-state index contributed by atoms with van der Waals surface area (Å²) in [5, 5.41) is -0.294. The minimum atomic E-state index is -0.775. The van der Waals surface area contributed by atoms with E-state index in [2.05, 4.69) is 0 Å². The molecule has 0 aromatic heterocycles. The zero-order valence-corrected chi connectivity index (χ0v) is 7.48. The lowest BCUT2D eigenvalue weighted by Gasteiger charge is -2.12. The van der Waals surface area contributed by atoms with E-state index in [-0.39, 0.29) is 17.1 Å². The van der Waals surface area contributed by atoms with Gasteiger partial charge in [-0.2, -0.15) is 0 Å². The van der Waals surface area contributed by atoms with Gasteiger partial charge in [0.1, 0.15) is 11.6 Å². The van der Waals surface area contributed by atoms with Gasteiger partial charge in [0.25, 0.3) is 0 Å². The quantitative estimate of drug-likeness (QED) is 0.722. The van der Waals surface area contributed by atoms with Gasteiger partial charge in [-0.15, -0.1) is 0 Å². The molecule has 1 aromatic rings. The minimum absolute atomic E-state index is 0.0140. The highest BCUT2D eigenvalue weighted by Crippen LogP contribution is 2.26. The first-order valence-corrected chi connectivity index (χ1v) is 4.04. The molecule has 0 radical (unpaired) electrons. The second-order valence-electron chi connectivity index (χ2n) is 2.60. The van der Waals surface area contributed by atoms with Crippen LogP contribution in [0.5, 0.6) is 0 Å². The van der Waals surface area contributed by atoms with E-state index in [0.717, 1.165) is 12.1 Å². The van der Waals surface area contributed by atoms with E-state index in [1.54, 1.807) is 0 Å². The predicted molar refractivity (Wildman–Crippen MR) is 47.4 cm³/mol. The van der Waals surface area contributed by atoms with Crippen LogP contribution in [0, 0.1) is 11.6 Å². The molecule has 0 amide bonds. The van der Waals surface area contributed by atoms with Crippen molar-refractivity contribution >= 4 is 11.6 Å². The Kier molecular flexibility index (Phi) is 3.19. The van der Waals surface area contributed by atoms with Gasteiger partial charge in [0.2, 0.25) is 0 Å². The molecular weight excluding hydrogens is 198 g/mol. The van der Waals surface area contributed by atoms with Crippen molar-refractivity contribution in [3.8, 4) is 0 Å². The van der Waals surface area contributed by atoms with E-state index in [0.29, 0.717) is 0 Å². The monoisotopic (exact) mass is 206 g/mol. The van der Waals surface area contributed by atoms with Crippen LogP contribution in [0.3, 0.4) is 0 Å². The Morgan fingerprint density at radius 3 is 2.38 bits per heavy atom. The number of halogens is 3. The van der Waals surface area contributed by atoms with Crippen molar-refractivity contribution in [3.05, 3.63) is 34.4 Å². The largest absolute Gasteiger partial charge is 0.329 e. The van der Waals surface area contributed by atoms with Gasteiger partial charge in [-0.1, -0.05) is 11.6 Å². The van der Waals surface area contributed by atoms with Crippen molar-refractivity contribution in [1.82, 2.24) is 0 Å². The SMILES string of the molecule is NC[C@@H](N)c1c(F)ccc(F)c1Cl. The van der Waals surface area contributed by atoms with Crippen LogP contribution in [0.25, 0.3) is 0 Å².